The Morgan fingerprint density at radius 3 is 2.71 bits per heavy atom. The van der Waals surface area contributed by atoms with E-state index in [0.29, 0.717) is 17.9 Å². The molecule has 8 heteroatoms. The molecule has 1 saturated heterocycles. The average Bonchev–Trinajstić information content (AvgIpc) is 3.37. The standard InChI is InChI=1S/C27H30N4O3S/c1-27(2)25(32)24(21-16-19(17-28)8-9-23(21)34-27)31(11-10-30-12-14-33-15-13-30)26-29-22(18-35-26)20-6-4-3-5-7-20/h3-9,16,18,24-25,32H,10-15H2,1-2H3/t24-,25+/m0/s1. The third-order valence-electron chi connectivity index (χ3n) is 6.75. The van der Waals surface area contributed by atoms with Crippen LogP contribution in [0.1, 0.15) is 31.0 Å². The van der Waals surface area contributed by atoms with Crippen molar-refractivity contribution in [3.8, 4) is 23.1 Å². The van der Waals surface area contributed by atoms with Crippen LogP contribution in [0.4, 0.5) is 5.13 Å². The van der Waals surface area contributed by atoms with Crippen molar-refractivity contribution in [1.82, 2.24) is 9.88 Å². The molecule has 182 valence electrons. The third kappa shape index (κ3) is 4.91. The van der Waals surface area contributed by atoms with Gasteiger partial charge in [-0.3, -0.25) is 4.90 Å². The number of rotatable bonds is 6. The van der Waals surface area contributed by atoms with Crippen molar-refractivity contribution in [2.45, 2.75) is 31.6 Å². The van der Waals surface area contributed by atoms with Gasteiger partial charge in [-0.2, -0.15) is 5.26 Å². The van der Waals surface area contributed by atoms with Crippen LogP contribution >= 0.6 is 11.3 Å². The quantitative estimate of drug-likeness (QED) is 0.557. The minimum absolute atomic E-state index is 0.405. The van der Waals surface area contributed by atoms with Gasteiger partial charge in [-0.25, -0.2) is 4.98 Å². The number of aromatic nitrogens is 1. The molecule has 0 radical (unpaired) electrons. The lowest BCUT2D eigenvalue weighted by Gasteiger charge is -2.46. The first-order valence-electron chi connectivity index (χ1n) is 11.9. The molecule has 1 aromatic heterocycles. The fraction of sp³-hybridized carbons (Fsp3) is 0.407. The molecule has 1 N–H and O–H groups in total. The van der Waals surface area contributed by atoms with Gasteiger partial charge in [0.2, 0.25) is 0 Å². The fourth-order valence-electron chi connectivity index (χ4n) is 4.74. The molecule has 0 unspecified atom stereocenters. The summed E-state index contributed by atoms with van der Waals surface area (Å²) in [6, 6.07) is 17.4. The van der Waals surface area contributed by atoms with Gasteiger partial charge in [0.15, 0.2) is 5.13 Å². The van der Waals surface area contributed by atoms with Crippen LogP contribution in [-0.2, 0) is 4.74 Å². The van der Waals surface area contributed by atoms with E-state index in [9.17, 15) is 10.4 Å². The summed E-state index contributed by atoms with van der Waals surface area (Å²) in [6.45, 7) is 8.55. The number of aliphatic hydroxyl groups excluding tert-OH is 1. The van der Waals surface area contributed by atoms with E-state index in [2.05, 4.69) is 33.4 Å². The van der Waals surface area contributed by atoms with Crippen LogP contribution in [0.25, 0.3) is 11.3 Å². The Kier molecular flexibility index (Phi) is 6.76. The molecule has 0 bridgehead atoms. The second kappa shape index (κ2) is 9.96. The first-order chi connectivity index (χ1) is 17.0. The Balaban J connectivity index is 1.55. The molecule has 0 aliphatic carbocycles. The van der Waals surface area contributed by atoms with E-state index in [-0.39, 0.29) is 0 Å². The Morgan fingerprint density at radius 2 is 1.97 bits per heavy atom. The lowest BCUT2D eigenvalue weighted by molar-refractivity contribution is -0.0591. The van der Waals surface area contributed by atoms with Gasteiger partial charge >= 0.3 is 0 Å². The van der Waals surface area contributed by atoms with E-state index in [1.807, 2.05) is 44.2 Å². The molecule has 7 nitrogen and oxygen atoms in total. The number of anilines is 1. The minimum atomic E-state index is -0.822. The van der Waals surface area contributed by atoms with Crippen molar-refractivity contribution in [1.29, 1.82) is 5.26 Å². The molecule has 3 heterocycles. The number of aliphatic hydroxyl groups is 1. The molecule has 2 aliphatic rings. The van der Waals surface area contributed by atoms with E-state index >= 15 is 0 Å². The largest absolute Gasteiger partial charge is 0.485 e. The first kappa shape index (κ1) is 23.8. The summed E-state index contributed by atoms with van der Waals surface area (Å²) < 4.78 is 11.7. The van der Waals surface area contributed by atoms with Crippen LogP contribution in [0.15, 0.2) is 53.9 Å². The molecule has 2 aromatic carbocycles. The van der Waals surface area contributed by atoms with Gasteiger partial charge < -0.3 is 19.5 Å². The Bertz CT molecular complexity index is 1200. The zero-order chi connectivity index (χ0) is 24.4. The highest BCUT2D eigenvalue weighted by Crippen LogP contribution is 2.45. The number of thiazole rings is 1. The van der Waals surface area contributed by atoms with Crippen LogP contribution in [0.2, 0.25) is 0 Å². The smallest absolute Gasteiger partial charge is 0.186 e. The highest BCUT2D eigenvalue weighted by molar-refractivity contribution is 7.14. The number of benzene rings is 2. The number of nitriles is 1. The number of nitrogens with zero attached hydrogens (tertiary/aromatic N) is 4. The molecule has 0 amide bonds. The number of ether oxygens (including phenoxy) is 2. The monoisotopic (exact) mass is 490 g/mol. The Labute approximate surface area is 210 Å². The Morgan fingerprint density at radius 1 is 1.20 bits per heavy atom. The summed E-state index contributed by atoms with van der Waals surface area (Å²) in [7, 11) is 0. The van der Waals surface area contributed by atoms with Gasteiger partial charge in [0, 0.05) is 42.7 Å². The van der Waals surface area contributed by atoms with Crippen LogP contribution in [0.5, 0.6) is 5.75 Å². The third-order valence-corrected chi connectivity index (χ3v) is 7.62. The van der Waals surface area contributed by atoms with Crippen molar-refractivity contribution in [3.63, 3.8) is 0 Å². The zero-order valence-electron chi connectivity index (χ0n) is 20.1. The van der Waals surface area contributed by atoms with Gasteiger partial charge in [-0.15, -0.1) is 11.3 Å². The molecular formula is C27H30N4O3S. The molecular weight excluding hydrogens is 460 g/mol. The topological polar surface area (TPSA) is 81.9 Å². The molecule has 0 saturated carbocycles. The maximum atomic E-state index is 11.6. The van der Waals surface area contributed by atoms with Gasteiger partial charge in [-0.05, 0) is 32.0 Å². The average molecular weight is 491 g/mol. The number of morpholine rings is 1. The van der Waals surface area contributed by atoms with Crippen molar-refractivity contribution in [2.75, 3.05) is 44.3 Å². The maximum Gasteiger partial charge on any atom is 0.186 e. The summed E-state index contributed by atoms with van der Waals surface area (Å²) in [6.07, 6.45) is -0.822. The maximum absolute atomic E-state index is 11.6. The predicted molar refractivity (Wildman–Crippen MR) is 137 cm³/mol. The van der Waals surface area contributed by atoms with Crippen molar-refractivity contribution < 1.29 is 14.6 Å². The number of fused-ring (bicyclic) bond motifs is 1. The van der Waals surface area contributed by atoms with Crippen LogP contribution in [-0.4, -0.2) is 66.1 Å². The Hall–Kier alpha value is -2.96. The van der Waals surface area contributed by atoms with Crippen LogP contribution in [0.3, 0.4) is 0 Å². The van der Waals surface area contributed by atoms with E-state index in [1.165, 1.54) is 0 Å². The molecule has 5 rings (SSSR count). The predicted octanol–water partition coefficient (Wildman–Crippen LogP) is 4.09. The van der Waals surface area contributed by atoms with E-state index in [0.717, 1.165) is 54.8 Å². The highest BCUT2D eigenvalue weighted by atomic mass is 32.1. The molecule has 2 atom stereocenters. The molecule has 0 spiro atoms. The molecule has 1 fully saturated rings. The van der Waals surface area contributed by atoms with Gasteiger partial charge in [0.05, 0.1) is 36.6 Å². The fourth-order valence-corrected chi connectivity index (χ4v) is 5.64. The molecule has 2 aliphatic heterocycles. The second-order valence-electron chi connectivity index (χ2n) is 9.49. The van der Waals surface area contributed by atoms with Gasteiger partial charge in [0.1, 0.15) is 17.5 Å². The molecule has 3 aromatic rings. The number of hydrogen-bond donors (Lipinski definition) is 1. The van der Waals surface area contributed by atoms with Gasteiger partial charge in [-0.1, -0.05) is 30.3 Å². The lowest BCUT2D eigenvalue weighted by atomic mass is 9.85. The SMILES string of the molecule is CC1(C)Oc2ccc(C#N)cc2[C@H](N(CCN2CCOCC2)c2nc(-c3ccccc3)cs2)[C@H]1O. The lowest BCUT2D eigenvalue weighted by Crippen LogP contribution is -2.55. The molecule has 35 heavy (non-hydrogen) atoms. The summed E-state index contributed by atoms with van der Waals surface area (Å²) in [5, 5.41) is 24.1. The van der Waals surface area contributed by atoms with Crippen molar-refractivity contribution in [3.05, 3.63) is 65.0 Å². The summed E-state index contributed by atoms with van der Waals surface area (Å²) >= 11 is 1.57. The van der Waals surface area contributed by atoms with Crippen LogP contribution in [0, 0.1) is 11.3 Å². The van der Waals surface area contributed by atoms with E-state index in [4.69, 9.17) is 14.5 Å². The normalized spacial score (nSPS) is 21.5. The van der Waals surface area contributed by atoms with Crippen LogP contribution < -0.4 is 9.64 Å². The van der Waals surface area contributed by atoms with E-state index in [1.54, 1.807) is 17.4 Å². The van der Waals surface area contributed by atoms with Crippen molar-refractivity contribution in [2.24, 2.45) is 0 Å². The zero-order valence-corrected chi connectivity index (χ0v) is 20.9. The summed E-state index contributed by atoms with van der Waals surface area (Å²) in [5.41, 5.74) is 2.52. The summed E-state index contributed by atoms with van der Waals surface area (Å²) in [4.78, 5) is 9.58. The highest BCUT2D eigenvalue weighted by Gasteiger charge is 2.46. The summed E-state index contributed by atoms with van der Waals surface area (Å²) in [5.74, 6) is 0.695. The van der Waals surface area contributed by atoms with Gasteiger partial charge in [0.25, 0.3) is 0 Å². The van der Waals surface area contributed by atoms with E-state index < -0.39 is 17.7 Å². The van der Waals surface area contributed by atoms with Crippen molar-refractivity contribution >= 4 is 16.5 Å². The number of hydrogen-bond acceptors (Lipinski definition) is 8. The first-order valence-corrected chi connectivity index (χ1v) is 12.8. The minimum Gasteiger partial charge on any atom is -0.485 e. The second-order valence-corrected chi connectivity index (χ2v) is 10.3.